The molecule has 4 heteroatoms. The molecular weight excluding hydrogens is 200 g/mol. The Morgan fingerprint density at radius 2 is 2.19 bits per heavy atom. The van der Waals surface area contributed by atoms with Crippen molar-refractivity contribution in [2.75, 3.05) is 0 Å². The third-order valence-corrected chi connectivity index (χ3v) is 3.42. The van der Waals surface area contributed by atoms with E-state index < -0.39 is 0 Å². The molecule has 1 atom stereocenters. The van der Waals surface area contributed by atoms with Crippen molar-refractivity contribution < 1.29 is 0 Å². The first kappa shape index (κ1) is 11.6. The highest BCUT2D eigenvalue weighted by Crippen LogP contribution is 2.14. The summed E-state index contributed by atoms with van der Waals surface area (Å²) in [5.41, 5.74) is 0. The standard InChI is InChI=1S/C12H22N4/c1-4-10(5-2)14-11-6-7-12-13-9(3)15-16(12)8-11/h10-11,14H,4-8H2,1-3H3. The minimum absolute atomic E-state index is 0.568. The van der Waals surface area contributed by atoms with Crippen LogP contribution >= 0.6 is 0 Å². The van der Waals surface area contributed by atoms with Gasteiger partial charge in [-0.15, -0.1) is 0 Å². The van der Waals surface area contributed by atoms with Crippen molar-refractivity contribution in [1.29, 1.82) is 0 Å². The lowest BCUT2D eigenvalue weighted by atomic mass is 10.0. The molecule has 0 amide bonds. The number of nitrogens with one attached hydrogen (secondary N) is 1. The average molecular weight is 222 g/mol. The van der Waals surface area contributed by atoms with Crippen LogP contribution in [0.25, 0.3) is 0 Å². The lowest BCUT2D eigenvalue weighted by molar-refractivity contribution is 0.316. The molecular formula is C12H22N4. The van der Waals surface area contributed by atoms with Crippen LogP contribution < -0.4 is 5.32 Å². The summed E-state index contributed by atoms with van der Waals surface area (Å²) in [4.78, 5) is 4.43. The maximum Gasteiger partial charge on any atom is 0.147 e. The van der Waals surface area contributed by atoms with E-state index in [0.717, 1.165) is 24.6 Å². The van der Waals surface area contributed by atoms with Crippen molar-refractivity contribution in [1.82, 2.24) is 20.1 Å². The number of aromatic nitrogens is 3. The predicted octanol–water partition coefficient (Wildman–Crippen LogP) is 1.68. The summed E-state index contributed by atoms with van der Waals surface area (Å²) in [5.74, 6) is 2.05. The average Bonchev–Trinajstić information content (AvgIpc) is 2.65. The number of aryl methyl sites for hydroxylation is 2. The van der Waals surface area contributed by atoms with Crippen LogP contribution in [0.2, 0.25) is 0 Å². The van der Waals surface area contributed by atoms with Crippen LogP contribution in [-0.4, -0.2) is 26.8 Å². The fourth-order valence-electron chi connectivity index (χ4n) is 2.43. The fourth-order valence-corrected chi connectivity index (χ4v) is 2.43. The monoisotopic (exact) mass is 222 g/mol. The van der Waals surface area contributed by atoms with Crippen LogP contribution in [-0.2, 0) is 13.0 Å². The van der Waals surface area contributed by atoms with Crippen molar-refractivity contribution in [3.8, 4) is 0 Å². The number of nitrogens with zero attached hydrogens (tertiary/aromatic N) is 3. The first-order valence-electron chi connectivity index (χ1n) is 6.39. The zero-order valence-electron chi connectivity index (χ0n) is 10.5. The zero-order chi connectivity index (χ0) is 11.5. The Labute approximate surface area is 97.5 Å². The molecule has 0 bridgehead atoms. The van der Waals surface area contributed by atoms with Gasteiger partial charge in [0, 0.05) is 18.5 Å². The van der Waals surface area contributed by atoms with Gasteiger partial charge in [0.25, 0.3) is 0 Å². The molecule has 1 aromatic heterocycles. The van der Waals surface area contributed by atoms with Gasteiger partial charge in [-0.3, -0.25) is 0 Å². The van der Waals surface area contributed by atoms with Gasteiger partial charge in [-0.1, -0.05) is 13.8 Å². The molecule has 1 unspecified atom stereocenters. The quantitative estimate of drug-likeness (QED) is 0.843. The topological polar surface area (TPSA) is 42.7 Å². The Morgan fingerprint density at radius 1 is 1.44 bits per heavy atom. The molecule has 0 radical (unpaired) electrons. The van der Waals surface area contributed by atoms with E-state index in [4.69, 9.17) is 0 Å². The Kier molecular flexibility index (Phi) is 3.59. The first-order valence-corrected chi connectivity index (χ1v) is 6.39. The van der Waals surface area contributed by atoms with E-state index in [0.29, 0.717) is 12.1 Å². The minimum atomic E-state index is 0.568. The van der Waals surface area contributed by atoms with E-state index >= 15 is 0 Å². The summed E-state index contributed by atoms with van der Waals surface area (Å²) in [6.07, 6.45) is 4.65. The maximum atomic E-state index is 4.43. The van der Waals surface area contributed by atoms with Crippen LogP contribution in [0.15, 0.2) is 0 Å². The van der Waals surface area contributed by atoms with Gasteiger partial charge >= 0.3 is 0 Å². The second-order valence-corrected chi connectivity index (χ2v) is 4.67. The van der Waals surface area contributed by atoms with E-state index in [1.165, 1.54) is 19.3 Å². The van der Waals surface area contributed by atoms with E-state index in [2.05, 4.69) is 33.9 Å². The molecule has 1 aliphatic heterocycles. The van der Waals surface area contributed by atoms with Gasteiger partial charge in [0.05, 0.1) is 6.54 Å². The Hall–Kier alpha value is -0.900. The normalized spacial score (nSPS) is 20.1. The largest absolute Gasteiger partial charge is 0.309 e. The second-order valence-electron chi connectivity index (χ2n) is 4.67. The molecule has 1 aliphatic rings. The molecule has 0 spiro atoms. The van der Waals surface area contributed by atoms with E-state index in [1.807, 2.05) is 6.92 Å². The van der Waals surface area contributed by atoms with Crippen molar-refractivity contribution in [3.63, 3.8) is 0 Å². The summed E-state index contributed by atoms with van der Waals surface area (Å²) in [6, 6.07) is 1.22. The molecule has 2 rings (SSSR count). The van der Waals surface area contributed by atoms with Crippen molar-refractivity contribution in [3.05, 3.63) is 11.6 Å². The van der Waals surface area contributed by atoms with Crippen LogP contribution in [0.4, 0.5) is 0 Å². The SMILES string of the molecule is CCC(CC)NC1CCc2nc(C)nn2C1. The van der Waals surface area contributed by atoms with Crippen molar-refractivity contribution in [2.24, 2.45) is 0 Å². The third-order valence-electron chi connectivity index (χ3n) is 3.42. The predicted molar refractivity (Wildman–Crippen MR) is 64.4 cm³/mol. The highest BCUT2D eigenvalue weighted by atomic mass is 15.4. The summed E-state index contributed by atoms with van der Waals surface area (Å²) >= 11 is 0. The molecule has 1 aromatic rings. The maximum absolute atomic E-state index is 4.43. The number of hydrogen-bond acceptors (Lipinski definition) is 3. The van der Waals surface area contributed by atoms with E-state index in [-0.39, 0.29) is 0 Å². The molecule has 2 heterocycles. The van der Waals surface area contributed by atoms with Gasteiger partial charge in [-0.05, 0) is 26.2 Å². The molecule has 16 heavy (non-hydrogen) atoms. The van der Waals surface area contributed by atoms with Crippen molar-refractivity contribution >= 4 is 0 Å². The van der Waals surface area contributed by atoms with Crippen LogP contribution in [0.1, 0.15) is 44.8 Å². The molecule has 1 N–H and O–H groups in total. The molecule has 0 saturated heterocycles. The summed E-state index contributed by atoms with van der Waals surface area (Å²) in [7, 11) is 0. The van der Waals surface area contributed by atoms with Gasteiger partial charge in [0.1, 0.15) is 11.6 Å². The van der Waals surface area contributed by atoms with E-state index in [9.17, 15) is 0 Å². The van der Waals surface area contributed by atoms with E-state index in [1.54, 1.807) is 0 Å². The minimum Gasteiger partial charge on any atom is -0.309 e. The number of hydrogen-bond donors (Lipinski definition) is 1. The molecule has 0 saturated carbocycles. The highest BCUT2D eigenvalue weighted by Gasteiger charge is 2.21. The lowest BCUT2D eigenvalue weighted by Crippen LogP contribution is -2.43. The van der Waals surface area contributed by atoms with Gasteiger partial charge in [0.15, 0.2) is 0 Å². The Bertz CT molecular complexity index is 341. The van der Waals surface area contributed by atoms with Crippen molar-refractivity contribution in [2.45, 2.75) is 65.1 Å². The molecule has 90 valence electrons. The van der Waals surface area contributed by atoms with Gasteiger partial charge in [-0.2, -0.15) is 5.10 Å². The second kappa shape index (κ2) is 4.95. The number of fused-ring (bicyclic) bond motifs is 1. The fraction of sp³-hybridized carbons (Fsp3) is 0.833. The summed E-state index contributed by atoms with van der Waals surface area (Å²) < 4.78 is 2.07. The molecule has 0 aromatic carbocycles. The first-order chi connectivity index (χ1) is 7.72. The highest BCUT2D eigenvalue weighted by molar-refractivity contribution is 4.97. The number of rotatable bonds is 4. The third kappa shape index (κ3) is 2.43. The van der Waals surface area contributed by atoms with Gasteiger partial charge < -0.3 is 5.32 Å². The Morgan fingerprint density at radius 3 is 2.88 bits per heavy atom. The molecule has 4 nitrogen and oxygen atoms in total. The lowest BCUT2D eigenvalue weighted by Gasteiger charge is -2.27. The smallest absolute Gasteiger partial charge is 0.147 e. The Balaban J connectivity index is 1.97. The van der Waals surface area contributed by atoms with Gasteiger partial charge in [-0.25, -0.2) is 9.67 Å². The summed E-state index contributed by atoms with van der Waals surface area (Å²) in [6.45, 7) is 7.44. The molecule has 0 aliphatic carbocycles. The van der Waals surface area contributed by atoms with Crippen LogP contribution in [0.5, 0.6) is 0 Å². The van der Waals surface area contributed by atoms with Gasteiger partial charge in [0.2, 0.25) is 0 Å². The van der Waals surface area contributed by atoms with Crippen LogP contribution in [0.3, 0.4) is 0 Å². The molecule has 0 fully saturated rings. The summed E-state index contributed by atoms with van der Waals surface area (Å²) in [5, 5.41) is 8.14. The zero-order valence-corrected chi connectivity index (χ0v) is 10.5. The van der Waals surface area contributed by atoms with Crippen LogP contribution in [0, 0.1) is 6.92 Å².